The Labute approximate surface area is 172 Å². The number of carbonyl (C=O) groups is 1. The second-order valence-corrected chi connectivity index (χ2v) is 7.96. The van der Waals surface area contributed by atoms with Crippen LogP contribution in [0.25, 0.3) is 10.9 Å². The zero-order valence-electron chi connectivity index (χ0n) is 16.2. The molecule has 0 saturated carbocycles. The first-order valence-electron chi connectivity index (χ1n) is 9.44. The normalized spacial score (nSPS) is 14.1. The fourth-order valence-electron chi connectivity index (χ4n) is 3.82. The summed E-state index contributed by atoms with van der Waals surface area (Å²) in [5.74, 6) is -0.624. The number of aryl methyl sites for hydroxylation is 2. The molecule has 0 spiro atoms. The van der Waals surface area contributed by atoms with Gasteiger partial charge in [0, 0.05) is 36.2 Å². The van der Waals surface area contributed by atoms with E-state index in [1.54, 1.807) is 19.1 Å². The highest BCUT2D eigenvalue weighted by molar-refractivity contribution is 6.33. The van der Waals surface area contributed by atoms with Gasteiger partial charge in [0.05, 0.1) is 22.8 Å². The molecule has 29 heavy (non-hydrogen) atoms. The summed E-state index contributed by atoms with van der Waals surface area (Å²) >= 11 is 6.18. The Morgan fingerprint density at radius 1 is 1.28 bits per heavy atom. The zero-order chi connectivity index (χ0) is 20.7. The fraction of sp³-hybridized carbons (Fsp3) is 0.273. The molecule has 2 N–H and O–H groups in total. The number of benzene rings is 2. The van der Waals surface area contributed by atoms with E-state index in [2.05, 4.69) is 10.3 Å². The Bertz CT molecular complexity index is 1190. The molecule has 0 aliphatic carbocycles. The van der Waals surface area contributed by atoms with Crippen LogP contribution in [0.15, 0.2) is 35.1 Å². The average molecular weight is 414 g/mol. The largest absolute Gasteiger partial charge is 0.358 e. The molecule has 1 amide bonds. The van der Waals surface area contributed by atoms with Gasteiger partial charge in [-0.25, -0.2) is 4.39 Å². The van der Waals surface area contributed by atoms with Crippen LogP contribution in [0.5, 0.6) is 0 Å². The standard InChI is InChI=1S/C22H21ClFN3O2/c1-12-3-4-19(17(23)7-12)25-20(28)11-27-6-5-18-16(10-27)22(29)15-9-14(24)8-13(2)21(15)26-18/h3-4,7-9H,5-6,10-11H2,1-2H3,(H,25,28)(H,26,29). The summed E-state index contributed by atoms with van der Waals surface area (Å²) in [6.07, 6.45) is 0.621. The molecule has 1 aliphatic heterocycles. The highest BCUT2D eigenvalue weighted by Gasteiger charge is 2.23. The van der Waals surface area contributed by atoms with Crippen LogP contribution in [0.3, 0.4) is 0 Å². The molecule has 0 fully saturated rings. The number of aromatic amines is 1. The Hall–Kier alpha value is -2.70. The highest BCUT2D eigenvalue weighted by atomic mass is 35.5. The number of rotatable bonds is 3. The molecular formula is C22H21ClFN3O2. The van der Waals surface area contributed by atoms with Crippen LogP contribution in [0.1, 0.15) is 22.4 Å². The second kappa shape index (κ2) is 7.61. The van der Waals surface area contributed by atoms with Gasteiger partial charge in [-0.3, -0.25) is 14.5 Å². The summed E-state index contributed by atoms with van der Waals surface area (Å²) in [5.41, 5.74) is 4.23. The van der Waals surface area contributed by atoms with Crippen molar-refractivity contribution in [3.05, 3.63) is 73.8 Å². The van der Waals surface area contributed by atoms with Gasteiger partial charge in [-0.1, -0.05) is 17.7 Å². The second-order valence-electron chi connectivity index (χ2n) is 7.55. The molecule has 2 heterocycles. The first-order chi connectivity index (χ1) is 13.8. The predicted molar refractivity (Wildman–Crippen MR) is 113 cm³/mol. The van der Waals surface area contributed by atoms with Crippen molar-refractivity contribution in [1.82, 2.24) is 9.88 Å². The van der Waals surface area contributed by atoms with E-state index in [0.29, 0.717) is 52.3 Å². The minimum atomic E-state index is -0.428. The maximum atomic E-state index is 13.8. The number of nitrogens with zero attached hydrogens (tertiary/aromatic N) is 1. The summed E-state index contributed by atoms with van der Waals surface area (Å²) in [7, 11) is 0. The molecule has 2 aromatic carbocycles. The third kappa shape index (κ3) is 3.91. The Kier molecular flexibility index (Phi) is 5.15. The van der Waals surface area contributed by atoms with Crippen molar-refractivity contribution < 1.29 is 9.18 Å². The molecule has 5 nitrogen and oxygen atoms in total. The van der Waals surface area contributed by atoms with Gasteiger partial charge in [0.1, 0.15) is 5.82 Å². The summed E-state index contributed by atoms with van der Waals surface area (Å²) in [6, 6.07) is 8.13. The molecular weight excluding hydrogens is 393 g/mol. The third-order valence-electron chi connectivity index (χ3n) is 5.28. The van der Waals surface area contributed by atoms with E-state index in [-0.39, 0.29) is 17.9 Å². The Morgan fingerprint density at radius 3 is 2.83 bits per heavy atom. The highest BCUT2D eigenvalue weighted by Crippen LogP contribution is 2.24. The SMILES string of the molecule is Cc1ccc(NC(=O)CN2CCc3[nH]c4c(C)cc(F)cc4c(=O)c3C2)c(Cl)c1. The van der Waals surface area contributed by atoms with Gasteiger partial charge < -0.3 is 10.3 Å². The van der Waals surface area contributed by atoms with Crippen molar-refractivity contribution in [2.45, 2.75) is 26.8 Å². The van der Waals surface area contributed by atoms with Crippen LogP contribution in [-0.4, -0.2) is 28.9 Å². The van der Waals surface area contributed by atoms with Crippen molar-refractivity contribution in [1.29, 1.82) is 0 Å². The van der Waals surface area contributed by atoms with Gasteiger partial charge >= 0.3 is 0 Å². The molecule has 0 unspecified atom stereocenters. The van der Waals surface area contributed by atoms with Gasteiger partial charge in [-0.2, -0.15) is 0 Å². The monoisotopic (exact) mass is 413 g/mol. The van der Waals surface area contributed by atoms with E-state index >= 15 is 0 Å². The lowest BCUT2D eigenvalue weighted by molar-refractivity contribution is -0.117. The number of nitrogens with one attached hydrogen (secondary N) is 2. The minimum absolute atomic E-state index is 0.142. The molecule has 1 aliphatic rings. The van der Waals surface area contributed by atoms with Crippen LogP contribution in [-0.2, 0) is 17.8 Å². The lowest BCUT2D eigenvalue weighted by Gasteiger charge is -2.28. The maximum absolute atomic E-state index is 13.8. The van der Waals surface area contributed by atoms with Crippen molar-refractivity contribution in [2.24, 2.45) is 0 Å². The van der Waals surface area contributed by atoms with Gasteiger partial charge in [0.25, 0.3) is 0 Å². The molecule has 3 aromatic rings. The van der Waals surface area contributed by atoms with Crippen molar-refractivity contribution >= 4 is 34.1 Å². The van der Waals surface area contributed by atoms with Gasteiger partial charge in [0.15, 0.2) is 5.43 Å². The van der Waals surface area contributed by atoms with Crippen molar-refractivity contribution in [3.63, 3.8) is 0 Å². The summed E-state index contributed by atoms with van der Waals surface area (Å²) in [6.45, 7) is 4.83. The third-order valence-corrected chi connectivity index (χ3v) is 5.60. The van der Waals surface area contributed by atoms with Crippen molar-refractivity contribution in [3.8, 4) is 0 Å². The van der Waals surface area contributed by atoms with Gasteiger partial charge in [-0.05, 0) is 49.2 Å². The van der Waals surface area contributed by atoms with Gasteiger partial charge in [-0.15, -0.1) is 0 Å². The number of H-pyrrole nitrogens is 1. The van der Waals surface area contributed by atoms with E-state index in [9.17, 15) is 14.0 Å². The maximum Gasteiger partial charge on any atom is 0.238 e. The van der Waals surface area contributed by atoms with Crippen LogP contribution in [0.4, 0.5) is 10.1 Å². The number of aromatic nitrogens is 1. The first kappa shape index (κ1) is 19.6. The summed E-state index contributed by atoms with van der Waals surface area (Å²) in [4.78, 5) is 30.6. The number of amides is 1. The van der Waals surface area contributed by atoms with Crippen LogP contribution >= 0.6 is 11.6 Å². The summed E-state index contributed by atoms with van der Waals surface area (Å²) in [5, 5.41) is 3.65. The lowest BCUT2D eigenvalue weighted by Crippen LogP contribution is -2.39. The first-order valence-corrected chi connectivity index (χ1v) is 9.82. The number of hydrogen-bond donors (Lipinski definition) is 2. The predicted octanol–water partition coefficient (Wildman–Crippen LogP) is 3.93. The van der Waals surface area contributed by atoms with E-state index in [0.717, 1.165) is 11.3 Å². The van der Waals surface area contributed by atoms with E-state index in [1.807, 2.05) is 17.9 Å². The molecule has 1 aromatic heterocycles. The quantitative estimate of drug-likeness (QED) is 0.683. The number of hydrogen-bond acceptors (Lipinski definition) is 3. The number of carbonyl (C=O) groups excluding carboxylic acids is 1. The minimum Gasteiger partial charge on any atom is -0.358 e. The number of anilines is 1. The lowest BCUT2D eigenvalue weighted by atomic mass is 10.0. The fourth-order valence-corrected chi connectivity index (χ4v) is 4.10. The molecule has 4 rings (SSSR count). The van der Waals surface area contributed by atoms with E-state index in [1.165, 1.54) is 12.1 Å². The van der Waals surface area contributed by atoms with Gasteiger partial charge in [0.2, 0.25) is 5.91 Å². The number of pyridine rings is 1. The molecule has 0 bridgehead atoms. The van der Waals surface area contributed by atoms with Crippen LogP contribution < -0.4 is 10.7 Å². The van der Waals surface area contributed by atoms with Crippen molar-refractivity contribution in [2.75, 3.05) is 18.4 Å². The average Bonchev–Trinajstić information content (AvgIpc) is 2.66. The topological polar surface area (TPSA) is 65.2 Å². The smallest absolute Gasteiger partial charge is 0.238 e. The summed E-state index contributed by atoms with van der Waals surface area (Å²) < 4.78 is 13.8. The molecule has 7 heteroatoms. The van der Waals surface area contributed by atoms with E-state index in [4.69, 9.17) is 11.6 Å². The molecule has 150 valence electrons. The Morgan fingerprint density at radius 2 is 2.07 bits per heavy atom. The molecule has 0 radical (unpaired) electrons. The zero-order valence-corrected chi connectivity index (χ0v) is 17.0. The number of fused-ring (bicyclic) bond motifs is 2. The van der Waals surface area contributed by atoms with Crippen LogP contribution in [0, 0.1) is 19.7 Å². The Balaban J connectivity index is 1.54. The van der Waals surface area contributed by atoms with Crippen LogP contribution in [0.2, 0.25) is 5.02 Å². The molecule has 0 saturated heterocycles. The van der Waals surface area contributed by atoms with E-state index < -0.39 is 5.82 Å². The molecule has 0 atom stereocenters. The number of halogens is 2.